The maximum absolute atomic E-state index is 12.6. The van der Waals surface area contributed by atoms with Gasteiger partial charge < -0.3 is 26.1 Å². The van der Waals surface area contributed by atoms with E-state index in [1.54, 1.807) is 42.5 Å². The highest BCUT2D eigenvalue weighted by molar-refractivity contribution is 6.31. The molecule has 4 amide bonds. The number of benzene rings is 2. The number of halogens is 1. The van der Waals surface area contributed by atoms with Gasteiger partial charge in [0.1, 0.15) is 0 Å². The summed E-state index contributed by atoms with van der Waals surface area (Å²) in [7, 11) is 0. The molecule has 5 N–H and O–H groups in total. The Morgan fingerprint density at radius 1 is 0.931 bits per heavy atom. The van der Waals surface area contributed by atoms with Crippen molar-refractivity contribution in [1.82, 2.24) is 5.32 Å². The Bertz CT molecular complexity index is 1030. The molecule has 3 aromatic rings. The molecular weight excluding hydrogens is 396 g/mol. The number of hydrogen-bond donors (Lipinski definition) is 4. The van der Waals surface area contributed by atoms with E-state index in [0.717, 1.165) is 5.56 Å². The van der Waals surface area contributed by atoms with Crippen molar-refractivity contribution in [3.63, 3.8) is 0 Å². The number of hydrogen-bond acceptors (Lipinski definition) is 4. The fourth-order valence-corrected chi connectivity index (χ4v) is 2.65. The summed E-state index contributed by atoms with van der Waals surface area (Å²) < 4.78 is 5.07. The zero-order valence-corrected chi connectivity index (χ0v) is 15.8. The van der Waals surface area contributed by atoms with Crippen molar-refractivity contribution >= 4 is 40.8 Å². The summed E-state index contributed by atoms with van der Waals surface area (Å²) in [5.41, 5.74) is 6.92. The number of carbonyl (C=O) groups excluding carboxylic acids is 3. The number of primary amides is 1. The van der Waals surface area contributed by atoms with Crippen molar-refractivity contribution in [3.8, 4) is 0 Å². The molecule has 0 saturated carbocycles. The second kappa shape index (κ2) is 8.94. The summed E-state index contributed by atoms with van der Waals surface area (Å²) in [6, 6.07) is 13.8. The minimum Gasteiger partial charge on any atom is -0.459 e. The van der Waals surface area contributed by atoms with Gasteiger partial charge in [0.25, 0.3) is 11.8 Å². The smallest absolute Gasteiger partial charge is 0.312 e. The molecule has 0 saturated heterocycles. The van der Waals surface area contributed by atoms with Crippen LogP contribution < -0.4 is 21.7 Å². The van der Waals surface area contributed by atoms with Crippen molar-refractivity contribution < 1.29 is 18.8 Å². The molecule has 3 rings (SSSR count). The van der Waals surface area contributed by atoms with E-state index in [-0.39, 0.29) is 18.2 Å². The van der Waals surface area contributed by atoms with Gasteiger partial charge in [-0.05, 0) is 48.0 Å². The van der Waals surface area contributed by atoms with Gasteiger partial charge in [-0.15, -0.1) is 0 Å². The Morgan fingerprint density at radius 3 is 2.31 bits per heavy atom. The summed E-state index contributed by atoms with van der Waals surface area (Å²) in [5, 5.41) is 8.27. The van der Waals surface area contributed by atoms with Gasteiger partial charge in [0.15, 0.2) is 5.76 Å². The summed E-state index contributed by atoms with van der Waals surface area (Å²) in [4.78, 5) is 35.6. The lowest BCUT2D eigenvalue weighted by Gasteiger charge is -2.12. The van der Waals surface area contributed by atoms with Crippen molar-refractivity contribution in [2.45, 2.75) is 6.54 Å². The van der Waals surface area contributed by atoms with Crippen LogP contribution in [0.25, 0.3) is 0 Å². The van der Waals surface area contributed by atoms with E-state index < -0.39 is 11.9 Å². The van der Waals surface area contributed by atoms with Gasteiger partial charge >= 0.3 is 6.03 Å². The summed E-state index contributed by atoms with van der Waals surface area (Å²) in [5.74, 6) is -0.725. The van der Waals surface area contributed by atoms with Crippen LogP contribution in [0.2, 0.25) is 5.02 Å². The number of carbonyl (C=O) groups is 3. The van der Waals surface area contributed by atoms with Crippen LogP contribution in [-0.2, 0) is 6.54 Å². The molecule has 0 unspecified atom stereocenters. The average Bonchev–Trinajstić information content (AvgIpc) is 3.24. The Kier molecular flexibility index (Phi) is 6.16. The highest BCUT2D eigenvalue weighted by Crippen LogP contribution is 2.27. The first-order chi connectivity index (χ1) is 13.9. The lowest BCUT2D eigenvalue weighted by molar-refractivity contribution is 0.0993. The lowest BCUT2D eigenvalue weighted by atomic mass is 10.1. The first-order valence-electron chi connectivity index (χ1n) is 8.50. The third-order valence-electron chi connectivity index (χ3n) is 3.91. The molecular formula is C20H17ClN4O4. The van der Waals surface area contributed by atoms with Gasteiger partial charge in [-0.25, -0.2) is 4.79 Å². The van der Waals surface area contributed by atoms with Crippen LogP contribution in [-0.4, -0.2) is 17.8 Å². The van der Waals surface area contributed by atoms with Crippen LogP contribution >= 0.6 is 11.6 Å². The molecule has 29 heavy (non-hydrogen) atoms. The second-order valence-corrected chi connectivity index (χ2v) is 6.43. The molecule has 1 heterocycles. The molecule has 0 fully saturated rings. The van der Waals surface area contributed by atoms with E-state index >= 15 is 0 Å². The fraction of sp³-hybridized carbons (Fsp3) is 0.0500. The number of amides is 4. The van der Waals surface area contributed by atoms with Crippen LogP contribution in [0.5, 0.6) is 0 Å². The topological polar surface area (TPSA) is 126 Å². The molecule has 9 heteroatoms. The van der Waals surface area contributed by atoms with Crippen LogP contribution in [0.15, 0.2) is 65.3 Å². The molecule has 0 bridgehead atoms. The maximum Gasteiger partial charge on any atom is 0.312 e. The van der Waals surface area contributed by atoms with E-state index in [2.05, 4.69) is 16.0 Å². The van der Waals surface area contributed by atoms with Gasteiger partial charge in [-0.2, -0.15) is 0 Å². The largest absolute Gasteiger partial charge is 0.459 e. The maximum atomic E-state index is 12.6. The number of nitrogens with two attached hydrogens (primary N) is 1. The molecule has 148 valence electrons. The van der Waals surface area contributed by atoms with Crippen molar-refractivity contribution in [1.29, 1.82) is 0 Å². The molecule has 0 atom stereocenters. The normalized spacial score (nSPS) is 10.2. The van der Waals surface area contributed by atoms with E-state index in [1.807, 2.05) is 0 Å². The number of nitrogens with one attached hydrogen (secondary N) is 3. The van der Waals surface area contributed by atoms with Gasteiger partial charge in [0.2, 0.25) is 0 Å². The highest BCUT2D eigenvalue weighted by atomic mass is 35.5. The third-order valence-corrected chi connectivity index (χ3v) is 4.14. The van der Waals surface area contributed by atoms with Crippen LogP contribution in [0.3, 0.4) is 0 Å². The fourth-order valence-electron chi connectivity index (χ4n) is 2.48. The minimum absolute atomic E-state index is 0.127. The van der Waals surface area contributed by atoms with Crippen LogP contribution in [0.4, 0.5) is 16.2 Å². The van der Waals surface area contributed by atoms with Crippen LogP contribution in [0.1, 0.15) is 26.5 Å². The summed E-state index contributed by atoms with van der Waals surface area (Å²) in [6.45, 7) is 0.261. The van der Waals surface area contributed by atoms with Crippen LogP contribution in [0, 0.1) is 0 Å². The average molecular weight is 413 g/mol. The van der Waals surface area contributed by atoms with E-state index in [0.29, 0.717) is 22.0 Å². The van der Waals surface area contributed by atoms with Crippen molar-refractivity contribution in [3.05, 3.63) is 82.8 Å². The first-order valence-corrected chi connectivity index (χ1v) is 8.88. The predicted octanol–water partition coefficient (Wildman–Crippen LogP) is 3.61. The van der Waals surface area contributed by atoms with Gasteiger partial charge in [-0.3, -0.25) is 9.59 Å². The predicted molar refractivity (Wildman–Crippen MR) is 109 cm³/mol. The Hall–Kier alpha value is -3.78. The van der Waals surface area contributed by atoms with E-state index in [1.165, 1.54) is 18.4 Å². The second-order valence-electron chi connectivity index (χ2n) is 5.99. The molecule has 0 aliphatic carbocycles. The summed E-state index contributed by atoms with van der Waals surface area (Å²) >= 11 is 6.02. The van der Waals surface area contributed by atoms with Crippen molar-refractivity contribution in [2.24, 2.45) is 5.73 Å². The molecule has 0 aliphatic rings. The number of rotatable bonds is 6. The number of furan rings is 1. The monoisotopic (exact) mass is 412 g/mol. The van der Waals surface area contributed by atoms with Gasteiger partial charge in [-0.1, -0.05) is 23.7 Å². The van der Waals surface area contributed by atoms with E-state index in [9.17, 15) is 14.4 Å². The van der Waals surface area contributed by atoms with Crippen molar-refractivity contribution in [2.75, 3.05) is 10.6 Å². The quantitative estimate of drug-likeness (QED) is 0.493. The molecule has 0 radical (unpaired) electrons. The zero-order chi connectivity index (χ0) is 20.8. The standard InChI is InChI=1S/C20H17ClN4O4/c21-14-7-8-15(16(10-14)25-19(27)17-2-1-9-29-17)24-18(26)13-5-3-12(4-6-13)11-23-20(22)28/h1-10H,11H2,(H,24,26)(H,25,27)(H3,22,23,28). The molecule has 8 nitrogen and oxygen atoms in total. The Morgan fingerprint density at radius 2 is 1.66 bits per heavy atom. The van der Waals surface area contributed by atoms with Gasteiger partial charge in [0.05, 0.1) is 17.6 Å². The molecule has 0 aliphatic heterocycles. The SMILES string of the molecule is NC(=O)NCc1ccc(C(=O)Nc2ccc(Cl)cc2NC(=O)c2ccco2)cc1. The molecule has 2 aromatic carbocycles. The van der Waals surface area contributed by atoms with Gasteiger partial charge in [0, 0.05) is 17.1 Å². The zero-order valence-electron chi connectivity index (χ0n) is 15.1. The molecule has 1 aromatic heterocycles. The highest BCUT2D eigenvalue weighted by Gasteiger charge is 2.14. The third kappa shape index (κ3) is 5.36. The van der Waals surface area contributed by atoms with E-state index in [4.69, 9.17) is 21.8 Å². The Balaban J connectivity index is 1.73. The number of urea groups is 1. The first kappa shape index (κ1) is 20.0. The minimum atomic E-state index is -0.626. The summed E-state index contributed by atoms with van der Waals surface area (Å²) in [6.07, 6.45) is 1.39. The molecule has 0 spiro atoms. The lowest BCUT2D eigenvalue weighted by Crippen LogP contribution is -2.28. The Labute approximate surface area is 171 Å². The number of anilines is 2.